The summed E-state index contributed by atoms with van der Waals surface area (Å²) in [6.07, 6.45) is 5.73. The topological polar surface area (TPSA) is 38.3 Å². The average molecular weight is 243 g/mol. The Labute approximate surface area is 102 Å². The van der Waals surface area contributed by atoms with Gasteiger partial charge in [-0.05, 0) is 39.7 Å². The molecule has 0 aromatic carbocycles. The first-order valence-corrected chi connectivity index (χ1v) is 6.12. The highest BCUT2D eigenvalue weighted by atomic mass is 19.1. The van der Waals surface area contributed by atoms with E-state index in [0.29, 0.717) is 12.9 Å². The first kappa shape index (κ1) is 14.0. The van der Waals surface area contributed by atoms with Gasteiger partial charge in [0.05, 0.1) is 6.33 Å². The number of hydrogen-bond acceptors (Lipinski definition) is 2. The smallest absolute Gasteiger partial charge is 0.407 e. The minimum atomic E-state index is -0.497. The van der Waals surface area contributed by atoms with Gasteiger partial charge >= 0.3 is 6.09 Å². The second-order valence-corrected chi connectivity index (χ2v) is 5.72. The number of rotatable bonds is 3. The van der Waals surface area contributed by atoms with Gasteiger partial charge < -0.3 is 10.1 Å². The molecule has 17 heavy (non-hydrogen) atoms. The second kappa shape index (κ2) is 5.52. The third-order valence-corrected chi connectivity index (χ3v) is 3.00. The van der Waals surface area contributed by atoms with Gasteiger partial charge in [0.25, 0.3) is 0 Å². The Morgan fingerprint density at radius 3 is 2.47 bits per heavy atom. The van der Waals surface area contributed by atoms with E-state index in [1.165, 1.54) is 0 Å². The molecule has 4 heteroatoms. The zero-order chi connectivity index (χ0) is 12.9. The minimum absolute atomic E-state index is 0.217. The number of alkyl carbamates (subject to hydrolysis) is 1. The summed E-state index contributed by atoms with van der Waals surface area (Å²) in [6.45, 7) is 5.90. The zero-order valence-corrected chi connectivity index (χ0v) is 10.9. The van der Waals surface area contributed by atoms with Gasteiger partial charge in [0.2, 0.25) is 0 Å². The number of hydrogen-bond donors (Lipinski definition) is 1. The van der Waals surface area contributed by atoms with E-state index in [4.69, 9.17) is 4.74 Å². The molecule has 1 N–H and O–H groups in total. The zero-order valence-electron chi connectivity index (χ0n) is 10.9. The molecular weight excluding hydrogens is 221 g/mol. The molecule has 0 radical (unpaired) electrons. The molecule has 0 aromatic rings. The number of nitrogens with one attached hydrogen (secondary N) is 1. The number of amides is 1. The van der Waals surface area contributed by atoms with Crippen molar-refractivity contribution in [2.75, 3.05) is 6.54 Å². The highest BCUT2D eigenvalue weighted by molar-refractivity contribution is 5.67. The number of carbonyl (C=O) groups is 1. The first-order valence-electron chi connectivity index (χ1n) is 6.12. The number of halogens is 1. The summed E-state index contributed by atoms with van der Waals surface area (Å²) in [5, 5.41) is 2.73. The Morgan fingerprint density at radius 2 is 2.00 bits per heavy atom. The summed E-state index contributed by atoms with van der Waals surface area (Å²) < 4.78 is 17.5. The van der Waals surface area contributed by atoms with Crippen LogP contribution in [0.4, 0.5) is 9.18 Å². The van der Waals surface area contributed by atoms with Crippen molar-refractivity contribution in [1.29, 1.82) is 0 Å². The second-order valence-electron chi connectivity index (χ2n) is 5.72. The highest BCUT2D eigenvalue weighted by Gasteiger charge is 2.32. The van der Waals surface area contributed by atoms with Crippen LogP contribution in [0, 0.1) is 5.41 Å². The van der Waals surface area contributed by atoms with E-state index in [1.807, 2.05) is 20.8 Å². The van der Waals surface area contributed by atoms with Crippen LogP contribution in [0.1, 0.15) is 46.5 Å². The van der Waals surface area contributed by atoms with E-state index in [9.17, 15) is 9.18 Å². The summed E-state index contributed by atoms with van der Waals surface area (Å²) in [6, 6.07) is 0. The summed E-state index contributed by atoms with van der Waals surface area (Å²) >= 11 is 0. The molecule has 0 unspecified atom stereocenters. The number of ether oxygens (including phenoxy) is 1. The fourth-order valence-electron chi connectivity index (χ4n) is 2.18. The summed E-state index contributed by atoms with van der Waals surface area (Å²) in [5.41, 5.74) is -0.714. The first-order chi connectivity index (χ1) is 7.87. The molecule has 0 saturated heterocycles. The fraction of sp³-hybridized carbons (Fsp3) is 0.769. The van der Waals surface area contributed by atoms with Crippen molar-refractivity contribution >= 4 is 6.09 Å². The van der Waals surface area contributed by atoms with Gasteiger partial charge in [-0.3, -0.25) is 0 Å². The van der Waals surface area contributed by atoms with Gasteiger partial charge in [-0.2, -0.15) is 0 Å². The summed E-state index contributed by atoms with van der Waals surface area (Å²) in [4.78, 5) is 11.5. The van der Waals surface area contributed by atoms with Crippen LogP contribution in [0.2, 0.25) is 0 Å². The largest absolute Gasteiger partial charge is 0.444 e. The van der Waals surface area contributed by atoms with Gasteiger partial charge in [0, 0.05) is 12.0 Å². The van der Waals surface area contributed by atoms with Gasteiger partial charge in [-0.25, -0.2) is 9.18 Å². The van der Waals surface area contributed by atoms with Crippen LogP contribution >= 0.6 is 0 Å². The Bertz CT molecular complexity index is 288. The standard InChI is InChI=1S/C13H22FNO2/c1-12(2,3)17-11(16)15-10-13(8-9-14)6-4-5-7-13/h8-9H,4-7,10H2,1-3H3,(H,15,16)/b9-8+. The SMILES string of the molecule is CC(C)(C)OC(=O)NCC1(/C=C/F)CCCC1. The van der Waals surface area contributed by atoms with Crippen LogP contribution in [0.5, 0.6) is 0 Å². The van der Waals surface area contributed by atoms with E-state index in [1.54, 1.807) is 6.08 Å². The van der Waals surface area contributed by atoms with Crippen LogP contribution in [0.3, 0.4) is 0 Å². The van der Waals surface area contributed by atoms with E-state index < -0.39 is 11.7 Å². The lowest BCUT2D eigenvalue weighted by Gasteiger charge is -2.26. The van der Waals surface area contributed by atoms with Crippen molar-refractivity contribution in [2.45, 2.75) is 52.1 Å². The van der Waals surface area contributed by atoms with E-state index >= 15 is 0 Å². The lowest BCUT2D eigenvalue weighted by atomic mass is 9.86. The van der Waals surface area contributed by atoms with Gasteiger partial charge in [0.15, 0.2) is 0 Å². The maximum atomic E-state index is 12.4. The molecule has 1 fully saturated rings. The minimum Gasteiger partial charge on any atom is -0.444 e. The van der Waals surface area contributed by atoms with Gasteiger partial charge in [-0.1, -0.05) is 12.8 Å². The predicted molar refractivity (Wildman–Crippen MR) is 65.4 cm³/mol. The Balaban J connectivity index is 2.45. The van der Waals surface area contributed by atoms with Crippen molar-refractivity contribution in [3.05, 3.63) is 12.4 Å². The molecule has 0 spiro atoms. The molecular formula is C13H22FNO2. The Hall–Kier alpha value is -1.06. The average Bonchev–Trinajstić information content (AvgIpc) is 2.62. The number of carbonyl (C=O) groups excluding carboxylic acids is 1. The predicted octanol–water partition coefficient (Wildman–Crippen LogP) is 3.55. The molecule has 0 atom stereocenters. The van der Waals surface area contributed by atoms with E-state index in [-0.39, 0.29) is 5.41 Å². The van der Waals surface area contributed by atoms with Crippen LogP contribution in [0.15, 0.2) is 12.4 Å². The fourth-order valence-corrected chi connectivity index (χ4v) is 2.18. The molecule has 0 bridgehead atoms. The maximum Gasteiger partial charge on any atom is 0.407 e. The Morgan fingerprint density at radius 1 is 1.41 bits per heavy atom. The lowest BCUT2D eigenvalue weighted by Crippen LogP contribution is -2.38. The third-order valence-electron chi connectivity index (χ3n) is 3.00. The molecule has 1 rings (SSSR count). The summed E-state index contributed by atoms with van der Waals surface area (Å²) in [5.74, 6) is 0. The molecule has 1 aliphatic carbocycles. The summed E-state index contributed by atoms with van der Waals surface area (Å²) in [7, 11) is 0. The lowest BCUT2D eigenvalue weighted by molar-refractivity contribution is 0.0509. The Kier molecular flexibility index (Phi) is 4.54. The van der Waals surface area contributed by atoms with E-state index in [0.717, 1.165) is 25.7 Å². The molecule has 3 nitrogen and oxygen atoms in total. The molecule has 98 valence electrons. The van der Waals surface area contributed by atoms with Gasteiger partial charge in [0.1, 0.15) is 5.60 Å². The van der Waals surface area contributed by atoms with Crippen LogP contribution in [-0.4, -0.2) is 18.2 Å². The van der Waals surface area contributed by atoms with Crippen molar-refractivity contribution in [3.63, 3.8) is 0 Å². The molecule has 0 heterocycles. The molecule has 1 aliphatic rings. The van der Waals surface area contributed by atoms with Crippen LogP contribution in [-0.2, 0) is 4.74 Å². The van der Waals surface area contributed by atoms with Crippen molar-refractivity contribution in [2.24, 2.45) is 5.41 Å². The van der Waals surface area contributed by atoms with Gasteiger partial charge in [-0.15, -0.1) is 0 Å². The quantitative estimate of drug-likeness (QED) is 0.823. The monoisotopic (exact) mass is 243 g/mol. The normalized spacial score (nSPS) is 19.5. The van der Waals surface area contributed by atoms with Crippen molar-refractivity contribution < 1.29 is 13.9 Å². The molecule has 1 amide bonds. The molecule has 1 saturated carbocycles. The highest BCUT2D eigenvalue weighted by Crippen LogP contribution is 2.38. The third kappa shape index (κ3) is 4.75. The van der Waals surface area contributed by atoms with Crippen molar-refractivity contribution in [1.82, 2.24) is 5.32 Å². The van der Waals surface area contributed by atoms with Crippen LogP contribution in [0.25, 0.3) is 0 Å². The van der Waals surface area contributed by atoms with Crippen molar-refractivity contribution in [3.8, 4) is 0 Å². The molecule has 0 aromatic heterocycles. The van der Waals surface area contributed by atoms with Crippen LogP contribution < -0.4 is 5.32 Å². The molecule has 0 aliphatic heterocycles. The van der Waals surface area contributed by atoms with E-state index in [2.05, 4.69) is 5.32 Å². The maximum absolute atomic E-state index is 12.4.